The lowest BCUT2D eigenvalue weighted by molar-refractivity contribution is -0.120. The van der Waals surface area contributed by atoms with Crippen LogP contribution in [0.15, 0.2) is 77.9 Å². The lowest BCUT2D eigenvalue weighted by Crippen LogP contribution is -2.30. The summed E-state index contributed by atoms with van der Waals surface area (Å²) in [7, 11) is 0. The molecule has 0 saturated heterocycles. The standard InChI is InChI=1S/C25H26ClN5O2/c26-22-18-31(15-11-19-6-2-1-3-7-19)25(33)24(29-22)28-13-10-23(32)27-14-17-30-16-12-20-8-4-5-9-21(20)30/h1-9,12,16,18H,10-11,13-15,17H2,(H,27,32)(H,28,29). The second-order valence-electron chi connectivity index (χ2n) is 7.74. The molecule has 8 heteroatoms. The first-order valence-electron chi connectivity index (χ1n) is 11.0. The van der Waals surface area contributed by atoms with E-state index >= 15 is 0 Å². The Bertz CT molecular complexity index is 1280. The van der Waals surface area contributed by atoms with Gasteiger partial charge in [0, 0.05) is 50.5 Å². The molecule has 0 aliphatic rings. The largest absolute Gasteiger partial charge is 0.365 e. The molecular formula is C25H26ClN5O2. The number of aromatic nitrogens is 3. The van der Waals surface area contributed by atoms with Gasteiger partial charge in [0.05, 0.1) is 0 Å². The van der Waals surface area contributed by atoms with Gasteiger partial charge in [-0.1, -0.05) is 60.1 Å². The van der Waals surface area contributed by atoms with Gasteiger partial charge >= 0.3 is 0 Å². The highest BCUT2D eigenvalue weighted by Gasteiger charge is 2.09. The second kappa shape index (κ2) is 10.8. The number of aryl methyl sites for hydroxylation is 2. The van der Waals surface area contributed by atoms with Crippen molar-refractivity contribution in [2.75, 3.05) is 18.4 Å². The van der Waals surface area contributed by atoms with Crippen molar-refractivity contribution >= 4 is 34.2 Å². The molecule has 170 valence electrons. The van der Waals surface area contributed by atoms with Crippen LogP contribution in [0, 0.1) is 0 Å². The average molecular weight is 464 g/mol. The number of fused-ring (bicyclic) bond motifs is 1. The molecule has 0 aliphatic carbocycles. The maximum absolute atomic E-state index is 12.7. The van der Waals surface area contributed by atoms with Crippen LogP contribution in [0.3, 0.4) is 0 Å². The summed E-state index contributed by atoms with van der Waals surface area (Å²) >= 11 is 6.11. The molecule has 0 radical (unpaired) electrons. The predicted molar refractivity (Wildman–Crippen MR) is 132 cm³/mol. The Balaban J connectivity index is 1.25. The summed E-state index contributed by atoms with van der Waals surface area (Å²) in [5.41, 5.74) is 2.02. The minimum atomic E-state index is -0.254. The maximum Gasteiger partial charge on any atom is 0.293 e. The predicted octanol–water partition coefficient (Wildman–Crippen LogP) is 3.71. The lowest BCUT2D eigenvalue weighted by Gasteiger charge is -2.11. The highest BCUT2D eigenvalue weighted by molar-refractivity contribution is 6.29. The number of nitrogens with one attached hydrogen (secondary N) is 2. The van der Waals surface area contributed by atoms with Crippen LogP contribution < -0.4 is 16.2 Å². The molecule has 0 unspecified atom stereocenters. The van der Waals surface area contributed by atoms with E-state index in [-0.39, 0.29) is 28.9 Å². The number of carbonyl (C=O) groups excluding carboxylic acids is 1. The van der Waals surface area contributed by atoms with Gasteiger partial charge in [0.15, 0.2) is 5.82 Å². The summed E-state index contributed by atoms with van der Waals surface area (Å²) in [5.74, 6) is 0.0626. The van der Waals surface area contributed by atoms with E-state index in [1.54, 1.807) is 4.57 Å². The van der Waals surface area contributed by atoms with Crippen LogP contribution in [-0.2, 0) is 24.3 Å². The van der Waals surface area contributed by atoms with Gasteiger partial charge in [-0.15, -0.1) is 0 Å². The highest BCUT2D eigenvalue weighted by Crippen LogP contribution is 2.14. The van der Waals surface area contributed by atoms with Gasteiger partial charge in [0.1, 0.15) is 5.15 Å². The number of hydrogen-bond donors (Lipinski definition) is 2. The Kier molecular flexibility index (Phi) is 7.42. The summed E-state index contributed by atoms with van der Waals surface area (Å²) in [4.78, 5) is 29.0. The fraction of sp³-hybridized carbons (Fsp3) is 0.240. The van der Waals surface area contributed by atoms with Crippen molar-refractivity contribution in [1.29, 1.82) is 0 Å². The first-order chi connectivity index (χ1) is 16.1. The molecule has 33 heavy (non-hydrogen) atoms. The molecule has 2 heterocycles. The van der Waals surface area contributed by atoms with Crippen LogP contribution in [0.5, 0.6) is 0 Å². The minimum Gasteiger partial charge on any atom is -0.365 e. The molecule has 7 nitrogen and oxygen atoms in total. The van der Waals surface area contributed by atoms with Gasteiger partial charge in [-0.05, 0) is 29.5 Å². The summed E-state index contributed by atoms with van der Waals surface area (Å²) in [6, 6.07) is 20.1. The normalized spacial score (nSPS) is 10.9. The first-order valence-corrected chi connectivity index (χ1v) is 11.3. The van der Waals surface area contributed by atoms with Crippen molar-refractivity contribution in [3.63, 3.8) is 0 Å². The van der Waals surface area contributed by atoms with Crippen molar-refractivity contribution in [3.8, 4) is 0 Å². The number of halogens is 1. The van der Waals surface area contributed by atoms with Crippen LogP contribution in [0.2, 0.25) is 5.15 Å². The van der Waals surface area contributed by atoms with Gasteiger partial charge < -0.3 is 19.8 Å². The van der Waals surface area contributed by atoms with Crippen molar-refractivity contribution in [3.05, 3.63) is 94.1 Å². The van der Waals surface area contributed by atoms with Crippen molar-refractivity contribution < 1.29 is 4.79 Å². The fourth-order valence-electron chi connectivity index (χ4n) is 3.72. The second-order valence-corrected chi connectivity index (χ2v) is 8.13. The number of amides is 1. The molecule has 2 aromatic heterocycles. The SMILES string of the molecule is O=C(CCNc1nc(Cl)cn(CCc2ccccc2)c1=O)NCCn1ccc2ccccc21. The monoisotopic (exact) mass is 463 g/mol. The van der Waals surface area contributed by atoms with E-state index in [4.69, 9.17) is 11.6 Å². The number of para-hydroxylation sites is 1. The highest BCUT2D eigenvalue weighted by atomic mass is 35.5. The van der Waals surface area contributed by atoms with E-state index in [0.717, 1.165) is 11.1 Å². The number of anilines is 1. The molecule has 0 spiro atoms. The third-order valence-electron chi connectivity index (χ3n) is 5.43. The minimum absolute atomic E-state index is 0.0922. The van der Waals surface area contributed by atoms with Crippen molar-refractivity contribution in [2.45, 2.75) is 25.9 Å². The van der Waals surface area contributed by atoms with Gasteiger partial charge in [0.25, 0.3) is 5.56 Å². The van der Waals surface area contributed by atoms with Crippen LogP contribution in [-0.4, -0.2) is 33.1 Å². The molecule has 4 rings (SSSR count). The Morgan fingerprint density at radius 2 is 1.73 bits per heavy atom. The third-order valence-corrected chi connectivity index (χ3v) is 5.61. The summed E-state index contributed by atoms with van der Waals surface area (Å²) < 4.78 is 3.66. The van der Waals surface area contributed by atoms with Crippen LogP contribution in [0.4, 0.5) is 5.82 Å². The quantitative estimate of drug-likeness (QED) is 0.375. The van der Waals surface area contributed by atoms with E-state index in [2.05, 4.69) is 38.4 Å². The molecule has 4 aromatic rings. The van der Waals surface area contributed by atoms with E-state index in [1.807, 2.05) is 48.7 Å². The maximum atomic E-state index is 12.7. The molecule has 2 N–H and O–H groups in total. The van der Waals surface area contributed by atoms with Gasteiger partial charge in [-0.3, -0.25) is 9.59 Å². The molecular weight excluding hydrogens is 438 g/mol. The summed E-state index contributed by atoms with van der Waals surface area (Å²) in [6.07, 6.45) is 4.49. The number of benzene rings is 2. The molecule has 0 aliphatic heterocycles. The van der Waals surface area contributed by atoms with Gasteiger partial charge in [0.2, 0.25) is 5.91 Å². The third kappa shape index (κ3) is 6.02. The molecule has 2 aromatic carbocycles. The zero-order valence-electron chi connectivity index (χ0n) is 18.2. The van der Waals surface area contributed by atoms with E-state index in [0.29, 0.717) is 32.6 Å². The van der Waals surface area contributed by atoms with Crippen molar-refractivity contribution in [2.24, 2.45) is 0 Å². The van der Waals surface area contributed by atoms with Gasteiger partial charge in [-0.2, -0.15) is 0 Å². The van der Waals surface area contributed by atoms with Gasteiger partial charge in [-0.25, -0.2) is 4.98 Å². The fourth-order valence-corrected chi connectivity index (χ4v) is 3.92. The lowest BCUT2D eigenvalue weighted by atomic mass is 10.1. The Morgan fingerprint density at radius 3 is 2.58 bits per heavy atom. The molecule has 0 fully saturated rings. The zero-order valence-corrected chi connectivity index (χ0v) is 19.0. The molecule has 0 atom stereocenters. The Hall–Kier alpha value is -3.58. The van der Waals surface area contributed by atoms with E-state index in [9.17, 15) is 9.59 Å². The van der Waals surface area contributed by atoms with Crippen LogP contribution in [0.1, 0.15) is 12.0 Å². The molecule has 1 amide bonds. The Labute approximate surface area is 197 Å². The number of nitrogens with zero attached hydrogens (tertiary/aromatic N) is 3. The van der Waals surface area contributed by atoms with E-state index < -0.39 is 0 Å². The van der Waals surface area contributed by atoms with E-state index in [1.165, 1.54) is 11.6 Å². The average Bonchev–Trinajstić information content (AvgIpc) is 3.24. The Morgan fingerprint density at radius 1 is 0.939 bits per heavy atom. The first kappa shape index (κ1) is 22.6. The number of hydrogen-bond acceptors (Lipinski definition) is 4. The van der Waals surface area contributed by atoms with Crippen LogP contribution >= 0.6 is 11.6 Å². The topological polar surface area (TPSA) is 80.9 Å². The number of rotatable bonds is 10. The molecule has 0 saturated carbocycles. The summed E-state index contributed by atoms with van der Waals surface area (Å²) in [5, 5.41) is 7.28. The molecule has 0 bridgehead atoms. The number of carbonyl (C=O) groups is 1. The smallest absolute Gasteiger partial charge is 0.293 e. The zero-order chi connectivity index (χ0) is 23.0. The summed E-state index contributed by atoms with van der Waals surface area (Å²) in [6.45, 7) is 2.00. The van der Waals surface area contributed by atoms with Crippen molar-refractivity contribution in [1.82, 2.24) is 19.4 Å². The van der Waals surface area contributed by atoms with Crippen LogP contribution in [0.25, 0.3) is 10.9 Å².